The lowest BCUT2D eigenvalue weighted by atomic mass is 9.99. The number of hydrogen-bond donors (Lipinski definition) is 0. The highest BCUT2D eigenvalue weighted by Crippen LogP contribution is 2.18. The van der Waals surface area contributed by atoms with Crippen molar-refractivity contribution in [2.75, 3.05) is 20.1 Å². The van der Waals surface area contributed by atoms with E-state index in [1.54, 1.807) is 0 Å². The Kier molecular flexibility index (Phi) is 5.10. The van der Waals surface area contributed by atoms with Gasteiger partial charge in [-0.1, -0.05) is 20.3 Å². The summed E-state index contributed by atoms with van der Waals surface area (Å²) in [5.74, 6) is 0.780. The zero-order chi connectivity index (χ0) is 12.1. The lowest BCUT2D eigenvalue weighted by Crippen LogP contribution is -2.47. The maximum atomic E-state index is 12.2. The predicted octanol–water partition coefficient (Wildman–Crippen LogP) is 2.96. The summed E-state index contributed by atoms with van der Waals surface area (Å²) in [6, 6.07) is 0.574. The van der Waals surface area contributed by atoms with Gasteiger partial charge in [-0.2, -0.15) is 0 Å². The number of urea groups is 1. The summed E-state index contributed by atoms with van der Waals surface area (Å²) in [5.41, 5.74) is 0. The third-order valence-corrected chi connectivity index (χ3v) is 3.72. The molecule has 0 N–H and O–H groups in total. The first-order valence-electron chi connectivity index (χ1n) is 6.58. The second kappa shape index (κ2) is 6.12. The second-order valence-corrected chi connectivity index (χ2v) is 5.20. The van der Waals surface area contributed by atoms with Crippen molar-refractivity contribution >= 4 is 6.03 Å². The van der Waals surface area contributed by atoms with E-state index in [2.05, 4.69) is 20.8 Å². The van der Waals surface area contributed by atoms with Crippen LogP contribution in [0.4, 0.5) is 4.79 Å². The van der Waals surface area contributed by atoms with Crippen LogP contribution in [0.5, 0.6) is 0 Å². The molecule has 1 saturated heterocycles. The first kappa shape index (κ1) is 13.3. The zero-order valence-electron chi connectivity index (χ0n) is 11.2. The maximum absolute atomic E-state index is 12.2. The molecule has 1 aliphatic rings. The van der Waals surface area contributed by atoms with E-state index in [9.17, 15) is 4.79 Å². The fourth-order valence-electron chi connectivity index (χ4n) is 2.22. The topological polar surface area (TPSA) is 23.6 Å². The second-order valence-electron chi connectivity index (χ2n) is 5.20. The molecule has 16 heavy (non-hydrogen) atoms. The van der Waals surface area contributed by atoms with Crippen LogP contribution in [-0.2, 0) is 0 Å². The normalized spacial score (nSPS) is 19.6. The molecule has 0 aromatic carbocycles. The Morgan fingerprint density at radius 2 is 2.00 bits per heavy atom. The smallest absolute Gasteiger partial charge is 0.319 e. The third-order valence-electron chi connectivity index (χ3n) is 3.72. The van der Waals surface area contributed by atoms with Crippen molar-refractivity contribution in [3.05, 3.63) is 0 Å². The third kappa shape index (κ3) is 3.39. The Morgan fingerprint density at radius 3 is 2.50 bits per heavy atom. The standard InChI is InChI=1S/C13H26N2O/c1-5-6-12(3)14(4)13(16)15-9-7-11(2)8-10-15/h11-12H,5-10H2,1-4H3. The Hall–Kier alpha value is -0.730. The van der Waals surface area contributed by atoms with Gasteiger partial charge in [0.05, 0.1) is 0 Å². The highest BCUT2D eigenvalue weighted by Gasteiger charge is 2.24. The van der Waals surface area contributed by atoms with E-state index in [-0.39, 0.29) is 6.03 Å². The largest absolute Gasteiger partial charge is 0.325 e. The van der Waals surface area contributed by atoms with E-state index in [0.717, 1.165) is 44.7 Å². The number of nitrogens with zero attached hydrogens (tertiary/aromatic N) is 2. The molecular formula is C13H26N2O. The minimum atomic E-state index is 0.216. The quantitative estimate of drug-likeness (QED) is 0.725. The molecular weight excluding hydrogens is 200 g/mol. The van der Waals surface area contributed by atoms with Crippen LogP contribution >= 0.6 is 0 Å². The van der Waals surface area contributed by atoms with Gasteiger partial charge in [0, 0.05) is 26.2 Å². The molecule has 0 aromatic heterocycles. The first-order chi connectivity index (χ1) is 7.56. The van der Waals surface area contributed by atoms with Crippen molar-refractivity contribution in [2.45, 2.75) is 52.5 Å². The number of carbonyl (C=O) groups is 1. The van der Waals surface area contributed by atoms with Gasteiger partial charge in [0.1, 0.15) is 0 Å². The first-order valence-corrected chi connectivity index (χ1v) is 6.58. The Morgan fingerprint density at radius 1 is 1.44 bits per heavy atom. The fourth-order valence-corrected chi connectivity index (χ4v) is 2.22. The number of amides is 2. The van der Waals surface area contributed by atoms with Crippen molar-refractivity contribution in [1.82, 2.24) is 9.80 Å². The zero-order valence-corrected chi connectivity index (χ0v) is 11.2. The minimum absolute atomic E-state index is 0.216. The molecule has 0 radical (unpaired) electrons. The number of likely N-dealkylation sites (tertiary alicyclic amines) is 1. The van der Waals surface area contributed by atoms with E-state index in [4.69, 9.17) is 0 Å². The van der Waals surface area contributed by atoms with Gasteiger partial charge in [0.15, 0.2) is 0 Å². The molecule has 0 bridgehead atoms. The molecule has 1 aliphatic heterocycles. The van der Waals surface area contributed by atoms with Gasteiger partial charge in [-0.3, -0.25) is 0 Å². The van der Waals surface area contributed by atoms with Crippen molar-refractivity contribution in [2.24, 2.45) is 5.92 Å². The molecule has 2 amide bonds. The lowest BCUT2D eigenvalue weighted by Gasteiger charge is -2.35. The van der Waals surface area contributed by atoms with Crippen LogP contribution in [0.15, 0.2) is 0 Å². The molecule has 1 heterocycles. The molecule has 1 rings (SSSR count). The molecule has 0 saturated carbocycles. The average Bonchev–Trinajstić information content (AvgIpc) is 2.28. The Bertz CT molecular complexity index is 218. The predicted molar refractivity (Wildman–Crippen MR) is 67.5 cm³/mol. The van der Waals surface area contributed by atoms with Gasteiger partial charge in [0.2, 0.25) is 0 Å². The SMILES string of the molecule is CCCC(C)N(C)C(=O)N1CCC(C)CC1. The molecule has 3 heteroatoms. The average molecular weight is 226 g/mol. The van der Waals surface area contributed by atoms with E-state index < -0.39 is 0 Å². The van der Waals surface area contributed by atoms with Crippen molar-refractivity contribution < 1.29 is 4.79 Å². The van der Waals surface area contributed by atoms with Gasteiger partial charge < -0.3 is 9.80 Å². The van der Waals surface area contributed by atoms with Crippen molar-refractivity contribution in [3.63, 3.8) is 0 Å². The van der Waals surface area contributed by atoms with Gasteiger partial charge in [-0.05, 0) is 32.1 Å². The molecule has 0 spiro atoms. The summed E-state index contributed by atoms with van der Waals surface area (Å²) in [4.78, 5) is 16.1. The van der Waals surface area contributed by atoms with Crippen LogP contribution in [0.2, 0.25) is 0 Å². The Labute approximate surface area is 99.8 Å². The Balaban J connectivity index is 2.44. The molecule has 1 atom stereocenters. The van der Waals surface area contributed by atoms with Crippen LogP contribution in [0.3, 0.4) is 0 Å². The van der Waals surface area contributed by atoms with Gasteiger partial charge in [-0.25, -0.2) is 4.79 Å². The molecule has 1 fully saturated rings. The fraction of sp³-hybridized carbons (Fsp3) is 0.923. The minimum Gasteiger partial charge on any atom is -0.325 e. The van der Waals surface area contributed by atoms with Crippen LogP contribution in [0.25, 0.3) is 0 Å². The summed E-state index contributed by atoms with van der Waals surface area (Å²) in [5, 5.41) is 0. The monoisotopic (exact) mass is 226 g/mol. The summed E-state index contributed by atoms with van der Waals surface area (Å²) >= 11 is 0. The van der Waals surface area contributed by atoms with Gasteiger partial charge >= 0.3 is 6.03 Å². The lowest BCUT2D eigenvalue weighted by molar-refractivity contribution is 0.130. The maximum Gasteiger partial charge on any atom is 0.319 e. The van der Waals surface area contributed by atoms with E-state index in [1.165, 1.54) is 0 Å². The molecule has 0 aliphatic carbocycles. The van der Waals surface area contributed by atoms with Crippen LogP contribution in [0.1, 0.15) is 46.5 Å². The highest BCUT2D eigenvalue weighted by atomic mass is 16.2. The van der Waals surface area contributed by atoms with Crippen LogP contribution in [0, 0.1) is 5.92 Å². The number of hydrogen-bond acceptors (Lipinski definition) is 1. The van der Waals surface area contributed by atoms with Gasteiger partial charge in [-0.15, -0.1) is 0 Å². The summed E-state index contributed by atoms with van der Waals surface area (Å²) in [6.45, 7) is 8.43. The molecule has 3 nitrogen and oxygen atoms in total. The molecule has 94 valence electrons. The van der Waals surface area contributed by atoms with E-state index in [0.29, 0.717) is 6.04 Å². The number of piperidine rings is 1. The van der Waals surface area contributed by atoms with Gasteiger partial charge in [0.25, 0.3) is 0 Å². The van der Waals surface area contributed by atoms with E-state index >= 15 is 0 Å². The number of carbonyl (C=O) groups excluding carboxylic acids is 1. The highest BCUT2D eigenvalue weighted by molar-refractivity contribution is 5.74. The number of rotatable bonds is 3. The summed E-state index contributed by atoms with van der Waals surface area (Å²) in [6.07, 6.45) is 4.53. The summed E-state index contributed by atoms with van der Waals surface area (Å²) < 4.78 is 0. The molecule has 0 aromatic rings. The van der Waals surface area contributed by atoms with E-state index in [1.807, 2.05) is 16.8 Å². The summed E-state index contributed by atoms with van der Waals surface area (Å²) in [7, 11) is 1.93. The van der Waals surface area contributed by atoms with Crippen molar-refractivity contribution in [1.29, 1.82) is 0 Å². The van der Waals surface area contributed by atoms with Crippen LogP contribution < -0.4 is 0 Å². The molecule has 1 unspecified atom stereocenters. The van der Waals surface area contributed by atoms with Crippen molar-refractivity contribution in [3.8, 4) is 0 Å². The van der Waals surface area contributed by atoms with Crippen LogP contribution in [-0.4, -0.2) is 42.0 Å².